The van der Waals surface area contributed by atoms with Gasteiger partial charge in [-0.15, -0.1) is 0 Å². The summed E-state index contributed by atoms with van der Waals surface area (Å²) in [6, 6.07) is 0.937. The smallest absolute Gasteiger partial charge is 0.0113 e. The Morgan fingerprint density at radius 1 is 0.947 bits per heavy atom. The maximum absolute atomic E-state index is 3.48. The Labute approximate surface area is 118 Å². The zero-order chi connectivity index (χ0) is 12.9. The van der Waals surface area contributed by atoms with Crippen molar-refractivity contribution in [2.45, 2.75) is 51.0 Å². The Morgan fingerprint density at radius 2 is 1.74 bits per heavy atom. The molecule has 1 saturated carbocycles. The van der Waals surface area contributed by atoms with Gasteiger partial charge < -0.3 is 10.2 Å². The van der Waals surface area contributed by atoms with Crippen LogP contribution < -0.4 is 5.32 Å². The van der Waals surface area contributed by atoms with E-state index in [0.717, 1.165) is 12.0 Å². The molecule has 0 radical (unpaired) electrons. The predicted molar refractivity (Wildman–Crippen MR) is 80.5 cm³/mol. The third-order valence-corrected chi connectivity index (χ3v) is 5.50. The Balaban J connectivity index is 1.29. The molecule has 0 amide bonds. The van der Waals surface area contributed by atoms with Gasteiger partial charge in [-0.1, -0.05) is 12.8 Å². The van der Waals surface area contributed by atoms with Gasteiger partial charge in [-0.3, -0.25) is 4.90 Å². The molecule has 2 saturated heterocycles. The number of hydrogen-bond acceptors (Lipinski definition) is 3. The molecule has 1 unspecified atom stereocenters. The van der Waals surface area contributed by atoms with E-state index in [1.54, 1.807) is 0 Å². The van der Waals surface area contributed by atoms with E-state index in [0.29, 0.717) is 0 Å². The number of nitrogens with zero attached hydrogens (tertiary/aromatic N) is 2. The average Bonchev–Trinajstić information content (AvgIpc) is 3.13. The maximum atomic E-state index is 3.48. The van der Waals surface area contributed by atoms with E-state index in [-0.39, 0.29) is 0 Å². The standard InChI is InChI=1S/C16H31N3/c1-2-6-16(5-1)19-12-10-18(11-13-19)9-3-4-15-7-8-17-14-15/h15-17H,1-14H2. The highest BCUT2D eigenvalue weighted by atomic mass is 15.3. The summed E-state index contributed by atoms with van der Waals surface area (Å²) in [5.74, 6) is 0.972. The highest BCUT2D eigenvalue weighted by molar-refractivity contribution is 4.82. The molecule has 1 N–H and O–H groups in total. The number of hydrogen-bond donors (Lipinski definition) is 1. The molecule has 1 atom stereocenters. The molecule has 19 heavy (non-hydrogen) atoms. The fourth-order valence-electron chi connectivity index (χ4n) is 4.19. The second kappa shape index (κ2) is 7.05. The lowest BCUT2D eigenvalue weighted by Gasteiger charge is -2.38. The van der Waals surface area contributed by atoms with Gasteiger partial charge in [0.2, 0.25) is 0 Å². The van der Waals surface area contributed by atoms with Gasteiger partial charge in [0.25, 0.3) is 0 Å². The molecule has 3 rings (SSSR count). The first-order valence-electron chi connectivity index (χ1n) is 8.59. The molecule has 3 fully saturated rings. The van der Waals surface area contributed by atoms with Crippen LogP contribution in [0.5, 0.6) is 0 Å². The molecule has 3 heteroatoms. The van der Waals surface area contributed by atoms with Crippen LogP contribution >= 0.6 is 0 Å². The van der Waals surface area contributed by atoms with Crippen molar-refractivity contribution >= 4 is 0 Å². The predicted octanol–water partition coefficient (Wildman–Crippen LogP) is 1.94. The average molecular weight is 265 g/mol. The molecule has 110 valence electrons. The third-order valence-electron chi connectivity index (χ3n) is 5.50. The minimum absolute atomic E-state index is 0.937. The topological polar surface area (TPSA) is 18.5 Å². The largest absolute Gasteiger partial charge is 0.316 e. The molecule has 0 spiro atoms. The van der Waals surface area contributed by atoms with E-state index in [1.807, 2.05) is 0 Å². The Bertz CT molecular complexity index is 246. The Kier molecular flexibility index (Phi) is 5.14. The Hall–Kier alpha value is -0.120. The highest BCUT2D eigenvalue weighted by Gasteiger charge is 2.25. The lowest BCUT2D eigenvalue weighted by atomic mass is 10.0. The summed E-state index contributed by atoms with van der Waals surface area (Å²) in [5.41, 5.74) is 0. The van der Waals surface area contributed by atoms with E-state index in [4.69, 9.17) is 0 Å². The Morgan fingerprint density at radius 3 is 2.42 bits per heavy atom. The van der Waals surface area contributed by atoms with Crippen LogP contribution in [0.25, 0.3) is 0 Å². The normalized spacial score (nSPS) is 31.3. The lowest BCUT2D eigenvalue weighted by molar-refractivity contribution is 0.0961. The van der Waals surface area contributed by atoms with Gasteiger partial charge in [-0.25, -0.2) is 0 Å². The maximum Gasteiger partial charge on any atom is 0.0113 e. The van der Waals surface area contributed by atoms with Crippen molar-refractivity contribution in [1.82, 2.24) is 15.1 Å². The van der Waals surface area contributed by atoms with Crippen molar-refractivity contribution in [2.75, 3.05) is 45.8 Å². The van der Waals surface area contributed by atoms with Gasteiger partial charge in [-0.05, 0) is 57.7 Å². The van der Waals surface area contributed by atoms with Crippen molar-refractivity contribution in [3.05, 3.63) is 0 Å². The summed E-state index contributed by atoms with van der Waals surface area (Å²) in [7, 11) is 0. The van der Waals surface area contributed by atoms with Crippen LogP contribution in [-0.2, 0) is 0 Å². The van der Waals surface area contributed by atoms with Crippen LogP contribution in [0.15, 0.2) is 0 Å². The van der Waals surface area contributed by atoms with Crippen molar-refractivity contribution < 1.29 is 0 Å². The number of rotatable bonds is 5. The van der Waals surface area contributed by atoms with Crippen LogP contribution in [0.2, 0.25) is 0 Å². The molecule has 0 bridgehead atoms. The number of nitrogens with one attached hydrogen (secondary N) is 1. The summed E-state index contributed by atoms with van der Waals surface area (Å²) < 4.78 is 0. The van der Waals surface area contributed by atoms with Crippen molar-refractivity contribution in [1.29, 1.82) is 0 Å². The quantitative estimate of drug-likeness (QED) is 0.819. The minimum Gasteiger partial charge on any atom is -0.316 e. The highest BCUT2D eigenvalue weighted by Crippen LogP contribution is 2.24. The molecule has 0 aromatic carbocycles. The van der Waals surface area contributed by atoms with Gasteiger partial charge in [0, 0.05) is 32.2 Å². The monoisotopic (exact) mass is 265 g/mol. The van der Waals surface area contributed by atoms with Crippen molar-refractivity contribution in [3.63, 3.8) is 0 Å². The summed E-state index contributed by atoms with van der Waals surface area (Å²) in [6.07, 6.45) is 10.1. The van der Waals surface area contributed by atoms with E-state index in [1.165, 1.54) is 90.8 Å². The molecule has 2 aliphatic heterocycles. The molecule has 2 heterocycles. The second-order valence-electron chi connectivity index (χ2n) is 6.82. The van der Waals surface area contributed by atoms with Crippen LogP contribution in [-0.4, -0.2) is 61.7 Å². The second-order valence-corrected chi connectivity index (χ2v) is 6.82. The van der Waals surface area contributed by atoms with Crippen LogP contribution in [0.4, 0.5) is 0 Å². The SMILES string of the molecule is C1CCC(N2CCN(CCCC3CCNC3)CC2)C1. The zero-order valence-electron chi connectivity index (χ0n) is 12.4. The van der Waals surface area contributed by atoms with Crippen molar-refractivity contribution in [3.8, 4) is 0 Å². The van der Waals surface area contributed by atoms with Gasteiger partial charge >= 0.3 is 0 Å². The van der Waals surface area contributed by atoms with Gasteiger partial charge in [-0.2, -0.15) is 0 Å². The summed E-state index contributed by atoms with van der Waals surface area (Å²) in [6.45, 7) is 9.17. The molecule has 3 aliphatic rings. The van der Waals surface area contributed by atoms with E-state index in [2.05, 4.69) is 15.1 Å². The molecule has 0 aromatic heterocycles. The fraction of sp³-hybridized carbons (Fsp3) is 1.00. The molecular formula is C16H31N3. The van der Waals surface area contributed by atoms with Crippen molar-refractivity contribution in [2.24, 2.45) is 5.92 Å². The van der Waals surface area contributed by atoms with E-state index < -0.39 is 0 Å². The third kappa shape index (κ3) is 3.93. The summed E-state index contributed by atoms with van der Waals surface area (Å²) in [4.78, 5) is 5.47. The zero-order valence-corrected chi connectivity index (χ0v) is 12.4. The van der Waals surface area contributed by atoms with Crippen LogP contribution in [0.3, 0.4) is 0 Å². The molecule has 0 aromatic rings. The molecule has 3 nitrogen and oxygen atoms in total. The number of piperazine rings is 1. The first kappa shape index (κ1) is 13.8. The first-order chi connectivity index (χ1) is 9.42. The van der Waals surface area contributed by atoms with Crippen LogP contribution in [0, 0.1) is 5.92 Å². The van der Waals surface area contributed by atoms with E-state index in [9.17, 15) is 0 Å². The molecule has 1 aliphatic carbocycles. The first-order valence-corrected chi connectivity index (χ1v) is 8.59. The van der Waals surface area contributed by atoms with Gasteiger partial charge in [0.15, 0.2) is 0 Å². The summed E-state index contributed by atoms with van der Waals surface area (Å²) in [5, 5.41) is 3.48. The minimum atomic E-state index is 0.937. The summed E-state index contributed by atoms with van der Waals surface area (Å²) >= 11 is 0. The van der Waals surface area contributed by atoms with Gasteiger partial charge in [0.1, 0.15) is 0 Å². The molecular weight excluding hydrogens is 234 g/mol. The van der Waals surface area contributed by atoms with E-state index >= 15 is 0 Å². The van der Waals surface area contributed by atoms with Gasteiger partial charge in [0.05, 0.1) is 0 Å². The lowest BCUT2D eigenvalue weighted by Crippen LogP contribution is -2.49. The van der Waals surface area contributed by atoms with Crippen LogP contribution in [0.1, 0.15) is 44.9 Å². The fourth-order valence-corrected chi connectivity index (χ4v) is 4.19.